The van der Waals surface area contributed by atoms with Crippen LogP contribution in [0.5, 0.6) is 5.88 Å². The van der Waals surface area contributed by atoms with Crippen LogP contribution >= 0.6 is 15.9 Å². The van der Waals surface area contributed by atoms with Crippen LogP contribution in [0.2, 0.25) is 0 Å². The van der Waals surface area contributed by atoms with Crippen LogP contribution < -0.4 is 4.74 Å². The minimum absolute atomic E-state index is 0.290. The lowest BCUT2D eigenvalue weighted by molar-refractivity contribution is 0.00310. The zero-order valence-electron chi connectivity index (χ0n) is 24.3. The summed E-state index contributed by atoms with van der Waals surface area (Å²) in [4.78, 5) is 9.87. The minimum atomic E-state index is -0.992. The predicted octanol–water partition coefficient (Wildman–Crippen LogP) is 6.92. The minimum Gasteiger partial charge on any atom is -0.481 e. The lowest BCUT2D eigenvalue weighted by Gasteiger charge is -2.38. The Labute approximate surface area is 253 Å². The third-order valence-electron chi connectivity index (χ3n) is 8.56. The van der Waals surface area contributed by atoms with E-state index in [2.05, 4.69) is 93.4 Å². The van der Waals surface area contributed by atoms with Crippen LogP contribution in [-0.4, -0.2) is 72.4 Å². The maximum atomic E-state index is 12.8. The number of aliphatic hydroxyl groups is 1. The number of ether oxygens (including phenoxy) is 1. The highest BCUT2D eigenvalue weighted by atomic mass is 79.9. The second-order valence-electron chi connectivity index (χ2n) is 11.5. The number of halogens is 1. The average Bonchev–Trinajstić information content (AvgIpc) is 3.00. The van der Waals surface area contributed by atoms with Gasteiger partial charge in [0.2, 0.25) is 5.88 Å². The zero-order valence-corrected chi connectivity index (χ0v) is 25.9. The highest BCUT2D eigenvalue weighted by molar-refractivity contribution is 9.10. The molecule has 0 spiro atoms. The molecule has 2 heterocycles. The van der Waals surface area contributed by atoms with Gasteiger partial charge in [-0.25, -0.2) is 4.98 Å². The van der Waals surface area contributed by atoms with Crippen molar-refractivity contribution < 1.29 is 9.84 Å². The number of aromatic nitrogens is 1. The number of hydrogen-bond donors (Lipinski definition) is 1. The number of rotatable bonds is 12. The van der Waals surface area contributed by atoms with E-state index >= 15 is 0 Å². The number of methoxy groups -OCH3 is 1. The summed E-state index contributed by atoms with van der Waals surface area (Å²) in [7, 11) is 3.88. The summed E-state index contributed by atoms with van der Waals surface area (Å²) in [5.41, 5.74) is 3.13. The lowest BCUT2D eigenvalue weighted by atomic mass is 9.72. The van der Waals surface area contributed by atoms with Crippen molar-refractivity contribution in [1.82, 2.24) is 14.8 Å². The molecule has 0 amide bonds. The summed E-state index contributed by atoms with van der Waals surface area (Å²) in [5, 5.41) is 13.9. The molecule has 5 nitrogen and oxygen atoms in total. The number of pyridine rings is 1. The van der Waals surface area contributed by atoms with Crippen LogP contribution in [0.1, 0.15) is 48.3 Å². The second kappa shape index (κ2) is 13.9. The number of hydrogen-bond acceptors (Lipinski definition) is 5. The van der Waals surface area contributed by atoms with Crippen LogP contribution in [0.15, 0.2) is 89.4 Å². The standard InChI is InChI=1S/C35H42BrN3O2/c1-38-21-23-39(24-22-38)20-10-9-18-35(40,19-17-27-11-5-3-6-12-27)33(28-13-7-4-8-14-28)31-26-29-25-30(36)15-16-32(29)37-34(31)41-2/h3-8,11-16,25-26,33,40H,9-10,17-24H2,1-2H3/t33-,35-/m1/s1. The first-order valence-electron chi connectivity index (χ1n) is 14.8. The molecule has 1 saturated heterocycles. The van der Waals surface area contributed by atoms with Crippen molar-refractivity contribution in [2.24, 2.45) is 0 Å². The normalized spacial score (nSPS) is 16.9. The lowest BCUT2D eigenvalue weighted by Crippen LogP contribution is -2.44. The molecule has 6 heteroatoms. The van der Waals surface area contributed by atoms with E-state index in [1.165, 1.54) is 5.56 Å². The molecule has 0 saturated carbocycles. The molecule has 1 aromatic heterocycles. The Morgan fingerprint density at radius 1 is 0.902 bits per heavy atom. The van der Waals surface area contributed by atoms with Crippen molar-refractivity contribution >= 4 is 26.8 Å². The largest absolute Gasteiger partial charge is 0.481 e. The Balaban J connectivity index is 1.50. The van der Waals surface area contributed by atoms with Gasteiger partial charge >= 0.3 is 0 Å². The van der Waals surface area contributed by atoms with Crippen LogP contribution in [0, 0.1) is 0 Å². The molecular formula is C35H42BrN3O2. The highest BCUT2D eigenvalue weighted by Crippen LogP contribution is 2.45. The molecule has 3 aromatic carbocycles. The number of fused-ring (bicyclic) bond motifs is 1. The van der Waals surface area contributed by atoms with E-state index in [0.717, 1.165) is 78.5 Å². The van der Waals surface area contributed by atoms with E-state index in [4.69, 9.17) is 9.72 Å². The van der Waals surface area contributed by atoms with Gasteiger partial charge in [0.25, 0.3) is 0 Å². The number of piperazine rings is 1. The summed E-state index contributed by atoms with van der Waals surface area (Å²) in [6, 6.07) is 29.2. The SMILES string of the molecule is COc1nc2ccc(Br)cc2cc1[C@@H](c1ccccc1)[C@@](O)(CCCCN1CCN(C)CC1)CCc1ccccc1. The molecule has 2 atom stereocenters. The highest BCUT2D eigenvalue weighted by Gasteiger charge is 2.40. The number of nitrogens with zero attached hydrogens (tertiary/aromatic N) is 3. The Kier molecular flexibility index (Phi) is 10.1. The van der Waals surface area contributed by atoms with Crippen molar-refractivity contribution in [2.75, 3.05) is 46.9 Å². The molecule has 0 radical (unpaired) electrons. The molecule has 5 rings (SSSR count). The molecule has 1 aliphatic rings. The van der Waals surface area contributed by atoms with Gasteiger partial charge in [-0.2, -0.15) is 0 Å². The topological polar surface area (TPSA) is 48.8 Å². The molecule has 0 unspecified atom stereocenters. The van der Waals surface area contributed by atoms with E-state index in [1.54, 1.807) is 7.11 Å². The van der Waals surface area contributed by atoms with Gasteiger partial charge in [0, 0.05) is 47.5 Å². The maximum Gasteiger partial charge on any atom is 0.217 e. The summed E-state index contributed by atoms with van der Waals surface area (Å²) in [6.07, 6.45) is 4.17. The van der Waals surface area contributed by atoms with Gasteiger partial charge in [-0.15, -0.1) is 0 Å². The molecule has 4 aromatic rings. The molecule has 0 bridgehead atoms. The quantitative estimate of drug-likeness (QED) is 0.175. The van der Waals surface area contributed by atoms with Gasteiger partial charge in [-0.05, 0) is 81.1 Å². The first-order valence-corrected chi connectivity index (χ1v) is 15.6. The van der Waals surface area contributed by atoms with Crippen molar-refractivity contribution in [3.05, 3.63) is 106 Å². The van der Waals surface area contributed by atoms with Gasteiger partial charge in [0.15, 0.2) is 0 Å². The van der Waals surface area contributed by atoms with Gasteiger partial charge in [-0.1, -0.05) is 76.6 Å². The molecule has 1 fully saturated rings. The van der Waals surface area contributed by atoms with Crippen molar-refractivity contribution in [2.45, 2.75) is 43.6 Å². The van der Waals surface area contributed by atoms with E-state index in [-0.39, 0.29) is 5.92 Å². The van der Waals surface area contributed by atoms with E-state index in [0.29, 0.717) is 18.7 Å². The summed E-state index contributed by atoms with van der Waals surface area (Å²) in [5.74, 6) is 0.283. The van der Waals surface area contributed by atoms with Crippen molar-refractivity contribution in [1.29, 1.82) is 0 Å². The van der Waals surface area contributed by atoms with Crippen LogP contribution in [-0.2, 0) is 6.42 Å². The number of unbranched alkanes of at least 4 members (excludes halogenated alkanes) is 1. The summed E-state index contributed by atoms with van der Waals surface area (Å²) in [6.45, 7) is 5.57. The average molecular weight is 617 g/mol. The Hall–Kier alpha value is -2.77. The number of aryl methyl sites for hydroxylation is 1. The molecule has 0 aliphatic carbocycles. The fourth-order valence-corrected chi connectivity index (χ4v) is 6.58. The third-order valence-corrected chi connectivity index (χ3v) is 9.06. The van der Waals surface area contributed by atoms with E-state index in [1.807, 2.05) is 24.3 Å². The molecule has 1 aliphatic heterocycles. The van der Waals surface area contributed by atoms with Crippen LogP contribution in [0.4, 0.5) is 0 Å². The Morgan fingerprint density at radius 3 is 2.32 bits per heavy atom. The first kappa shape index (κ1) is 29.7. The molecule has 41 heavy (non-hydrogen) atoms. The zero-order chi connectivity index (χ0) is 28.7. The summed E-state index contributed by atoms with van der Waals surface area (Å²) >= 11 is 3.63. The van der Waals surface area contributed by atoms with Gasteiger partial charge < -0.3 is 19.6 Å². The summed E-state index contributed by atoms with van der Waals surface area (Å²) < 4.78 is 6.92. The van der Waals surface area contributed by atoms with E-state index < -0.39 is 5.60 Å². The monoisotopic (exact) mass is 615 g/mol. The Bertz CT molecular complexity index is 1390. The smallest absolute Gasteiger partial charge is 0.217 e. The van der Waals surface area contributed by atoms with Gasteiger partial charge in [-0.3, -0.25) is 0 Å². The van der Waals surface area contributed by atoms with Gasteiger partial charge in [0.05, 0.1) is 18.2 Å². The maximum absolute atomic E-state index is 12.8. The van der Waals surface area contributed by atoms with Crippen molar-refractivity contribution in [3.8, 4) is 5.88 Å². The number of likely N-dealkylation sites (N-methyl/N-ethyl adjacent to an activating group) is 1. The molecule has 1 N–H and O–H groups in total. The Morgan fingerprint density at radius 2 is 1.61 bits per heavy atom. The van der Waals surface area contributed by atoms with Crippen LogP contribution in [0.3, 0.4) is 0 Å². The number of benzene rings is 3. The molecule has 216 valence electrons. The molecular weight excluding hydrogens is 574 g/mol. The third kappa shape index (κ3) is 7.55. The van der Waals surface area contributed by atoms with Crippen molar-refractivity contribution in [3.63, 3.8) is 0 Å². The first-order chi connectivity index (χ1) is 19.9. The predicted molar refractivity (Wildman–Crippen MR) is 172 cm³/mol. The van der Waals surface area contributed by atoms with Crippen LogP contribution in [0.25, 0.3) is 10.9 Å². The fourth-order valence-electron chi connectivity index (χ4n) is 6.20. The second-order valence-corrected chi connectivity index (χ2v) is 12.4. The van der Waals surface area contributed by atoms with Gasteiger partial charge in [0.1, 0.15) is 0 Å². The fraction of sp³-hybridized carbons (Fsp3) is 0.400. The van der Waals surface area contributed by atoms with E-state index in [9.17, 15) is 5.11 Å².